The van der Waals surface area contributed by atoms with E-state index in [0.717, 1.165) is 11.3 Å². The Morgan fingerprint density at radius 3 is 2.33 bits per heavy atom. The molecule has 1 aliphatic heterocycles. The number of benzene rings is 3. The van der Waals surface area contributed by atoms with E-state index in [9.17, 15) is 4.39 Å². The van der Waals surface area contributed by atoms with Gasteiger partial charge in [0.1, 0.15) is 5.82 Å². The third-order valence-electron chi connectivity index (χ3n) is 4.52. The number of halogens is 4. The first-order valence-corrected chi connectivity index (χ1v) is 9.48. The Morgan fingerprint density at radius 2 is 1.63 bits per heavy atom. The second-order valence-electron chi connectivity index (χ2n) is 6.24. The van der Waals surface area contributed by atoms with Crippen molar-refractivity contribution in [2.75, 3.05) is 5.01 Å². The average molecular weight is 420 g/mol. The van der Waals surface area contributed by atoms with Gasteiger partial charge in [-0.3, -0.25) is 5.01 Å². The maximum Gasteiger partial charge on any atom is 0.132 e. The van der Waals surface area contributed by atoms with Crippen molar-refractivity contribution in [3.05, 3.63) is 98.7 Å². The molecular formula is C21H14Cl3FN2. The van der Waals surface area contributed by atoms with Crippen molar-refractivity contribution in [1.29, 1.82) is 0 Å². The lowest BCUT2D eigenvalue weighted by molar-refractivity contribution is 0.624. The molecule has 0 spiro atoms. The Balaban J connectivity index is 1.79. The quantitative estimate of drug-likeness (QED) is 0.440. The standard InChI is InChI=1S/C21H14Cl3FN2/c22-14-7-5-13(6-8-14)21-12-20(16-3-1-2-4-19(16)25)26-27(21)15-9-10-17(23)18(24)11-15/h1-11,21H,12H2/t21-/m0/s1. The molecule has 0 aromatic heterocycles. The monoisotopic (exact) mass is 418 g/mol. The summed E-state index contributed by atoms with van der Waals surface area (Å²) in [5.74, 6) is -0.290. The molecule has 0 fully saturated rings. The summed E-state index contributed by atoms with van der Waals surface area (Å²) >= 11 is 18.3. The van der Waals surface area contributed by atoms with Crippen molar-refractivity contribution < 1.29 is 4.39 Å². The van der Waals surface area contributed by atoms with Gasteiger partial charge in [-0.2, -0.15) is 5.10 Å². The highest BCUT2D eigenvalue weighted by Crippen LogP contribution is 2.39. The molecule has 0 N–H and O–H groups in total. The maximum absolute atomic E-state index is 14.3. The number of hydrogen-bond acceptors (Lipinski definition) is 2. The van der Waals surface area contributed by atoms with Crippen molar-refractivity contribution in [3.63, 3.8) is 0 Å². The van der Waals surface area contributed by atoms with Crippen molar-refractivity contribution >= 4 is 46.2 Å². The predicted octanol–water partition coefficient (Wildman–Crippen LogP) is 7.14. The van der Waals surface area contributed by atoms with Gasteiger partial charge < -0.3 is 0 Å². The molecule has 0 amide bonds. The topological polar surface area (TPSA) is 15.6 Å². The second kappa shape index (κ2) is 7.51. The molecule has 1 atom stereocenters. The van der Waals surface area contributed by atoms with Gasteiger partial charge in [0, 0.05) is 17.0 Å². The lowest BCUT2D eigenvalue weighted by Crippen LogP contribution is -2.18. The molecule has 2 nitrogen and oxygen atoms in total. The van der Waals surface area contributed by atoms with E-state index in [0.29, 0.717) is 32.8 Å². The van der Waals surface area contributed by atoms with Gasteiger partial charge in [0.05, 0.1) is 27.5 Å². The van der Waals surface area contributed by atoms with E-state index in [2.05, 4.69) is 0 Å². The third-order valence-corrected chi connectivity index (χ3v) is 5.51. The van der Waals surface area contributed by atoms with Crippen LogP contribution in [0.3, 0.4) is 0 Å². The number of anilines is 1. The Hall–Kier alpha value is -2.07. The van der Waals surface area contributed by atoms with Crippen LogP contribution in [0, 0.1) is 5.82 Å². The van der Waals surface area contributed by atoms with Crippen LogP contribution in [0.15, 0.2) is 71.8 Å². The van der Waals surface area contributed by atoms with E-state index >= 15 is 0 Å². The Labute approximate surface area is 171 Å². The highest BCUT2D eigenvalue weighted by atomic mass is 35.5. The second-order valence-corrected chi connectivity index (χ2v) is 7.49. The molecule has 1 aliphatic rings. The van der Waals surface area contributed by atoms with Crippen LogP contribution in [0.25, 0.3) is 0 Å². The first-order chi connectivity index (χ1) is 13.0. The summed E-state index contributed by atoms with van der Waals surface area (Å²) in [6, 6.07) is 19.5. The van der Waals surface area contributed by atoms with E-state index in [4.69, 9.17) is 39.9 Å². The minimum Gasteiger partial charge on any atom is -0.257 e. The minimum atomic E-state index is -0.290. The Morgan fingerprint density at radius 1 is 0.889 bits per heavy atom. The minimum absolute atomic E-state index is 0.103. The van der Waals surface area contributed by atoms with E-state index in [-0.39, 0.29) is 11.9 Å². The molecule has 0 radical (unpaired) electrons. The zero-order valence-electron chi connectivity index (χ0n) is 14.0. The van der Waals surface area contributed by atoms with E-state index in [1.165, 1.54) is 6.07 Å². The van der Waals surface area contributed by atoms with Gasteiger partial charge in [-0.05, 0) is 42.0 Å². The first-order valence-electron chi connectivity index (χ1n) is 8.35. The highest BCUT2D eigenvalue weighted by Gasteiger charge is 2.31. The van der Waals surface area contributed by atoms with Gasteiger partial charge >= 0.3 is 0 Å². The molecule has 0 aliphatic carbocycles. The van der Waals surface area contributed by atoms with Crippen LogP contribution in [-0.4, -0.2) is 5.71 Å². The van der Waals surface area contributed by atoms with Crippen LogP contribution in [0.4, 0.5) is 10.1 Å². The number of rotatable bonds is 3. The van der Waals surface area contributed by atoms with Gasteiger partial charge in [0.2, 0.25) is 0 Å². The molecule has 0 saturated heterocycles. The van der Waals surface area contributed by atoms with Crippen molar-refractivity contribution in [2.24, 2.45) is 5.10 Å². The SMILES string of the molecule is Fc1ccccc1C1=NN(c2ccc(Cl)c(Cl)c2)[C@H](c2ccc(Cl)cc2)C1. The summed E-state index contributed by atoms with van der Waals surface area (Å²) in [4.78, 5) is 0. The lowest BCUT2D eigenvalue weighted by atomic mass is 9.98. The summed E-state index contributed by atoms with van der Waals surface area (Å²) in [7, 11) is 0. The van der Waals surface area contributed by atoms with Crippen LogP contribution < -0.4 is 5.01 Å². The van der Waals surface area contributed by atoms with Crippen molar-refractivity contribution in [3.8, 4) is 0 Å². The molecule has 0 bridgehead atoms. The molecule has 0 unspecified atom stereocenters. The van der Waals surface area contributed by atoms with E-state index < -0.39 is 0 Å². The number of hydrazone groups is 1. The summed E-state index contributed by atoms with van der Waals surface area (Å²) < 4.78 is 14.3. The molecule has 1 heterocycles. The maximum atomic E-state index is 14.3. The Kier molecular flexibility index (Phi) is 5.09. The summed E-state index contributed by atoms with van der Waals surface area (Å²) in [6.07, 6.45) is 0.558. The predicted molar refractivity (Wildman–Crippen MR) is 111 cm³/mol. The van der Waals surface area contributed by atoms with Gasteiger partial charge in [0.25, 0.3) is 0 Å². The molecule has 4 rings (SSSR count). The van der Waals surface area contributed by atoms with Crippen LogP contribution in [0.1, 0.15) is 23.6 Å². The summed E-state index contributed by atoms with van der Waals surface area (Å²) in [6.45, 7) is 0. The van der Waals surface area contributed by atoms with Crippen LogP contribution in [0.5, 0.6) is 0 Å². The van der Waals surface area contributed by atoms with Gasteiger partial charge in [0.15, 0.2) is 0 Å². The van der Waals surface area contributed by atoms with Gasteiger partial charge in [-0.25, -0.2) is 4.39 Å². The van der Waals surface area contributed by atoms with Crippen LogP contribution >= 0.6 is 34.8 Å². The van der Waals surface area contributed by atoms with Crippen LogP contribution in [-0.2, 0) is 0 Å². The molecule has 3 aromatic carbocycles. The summed E-state index contributed by atoms with van der Waals surface area (Å²) in [5.41, 5.74) is 2.99. The zero-order chi connectivity index (χ0) is 19.0. The third kappa shape index (κ3) is 3.68. The average Bonchev–Trinajstić information content (AvgIpc) is 3.10. The molecule has 27 heavy (non-hydrogen) atoms. The van der Waals surface area contributed by atoms with E-state index in [1.807, 2.05) is 35.3 Å². The number of nitrogens with zero attached hydrogens (tertiary/aromatic N) is 2. The molecule has 3 aromatic rings. The fourth-order valence-electron chi connectivity index (χ4n) is 3.18. The molecule has 136 valence electrons. The largest absolute Gasteiger partial charge is 0.257 e. The normalized spacial score (nSPS) is 16.5. The highest BCUT2D eigenvalue weighted by molar-refractivity contribution is 6.42. The zero-order valence-corrected chi connectivity index (χ0v) is 16.3. The van der Waals surface area contributed by atoms with Crippen molar-refractivity contribution in [2.45, 2.75) is 12.5 Å². The molecule has 0 saturated carbocycles. The molecule has 6 heteroatoms. The summed E-state index contributed by atoms with van der Waals surface area (Å²) in [5, 5.41) is 8.15. The van der Waals surface area contributed by atoms with Crippen molar-refractivity contribution in [1.82, 2.24) is 0 Å². The van der Waals surface area contributed by atoms with E-state index in [1.54, 1.807) is 30.3 Å². The molecular weight excluding hydrogens is 406 g/mol. The van der Waals surface area contributed by atoms with Gasteiger partial charge in [-0.1, -0.05) is 65.1 Å². The fourth-order valence-corrected chi connectivity index (χ4v) is 3.60. The van der Waals surface area contributed by atoms with Gasteiger partial charge in [-0.15, -0.1) is 0 Å². The Bertz CT molecular complexity index is 1020. The number of hydrogen-bond donors (Lipinski definition) is 0. The fraction of sp³-hybridized carbons (Fsp3) is 0.0952. The first kappa shape index (κ1) is 18.3. The van der Waals surface area contributed by atoms with Crippen LogP contribution in [0.2, 0.25) is 15.1 Å². The lowest BCUT2D eigenvalue weighted by Gasteiger charge is -2.24. The smallest absolute Gasteiger partial charge is 0.132 e.